The van der Waals surface area contributed by atoms with Gasteiger partial charge in [0.15, 0.2) is 0 Å². The standard InChI is InChI=1S/C21H22N4O5S2/c1-14-5-8-17(25(26)27)12-19(14)32(28,29)24-11-3-4-16(13-24)21-23-22-20(31-21)15-6-9-18(30-2)10-7-15/h5-10,12,16H,3-4,11,13H2,1-2H3. The van der Waals surface area contributed by atoms with E-state index in [9.17, 15) is 18.5 Å². The molecule has 0 bridgehead atoms. The Kier molecular flexibility index (Phi) is 6.22. The number of ether oxygens (including phenoxy) is 1. The Hall–Kier alpha value is -2.89. The summed E-state index contributed by atoms with van der Waals surface area (Å²) >= 11 is 1.45. The minimum atomic E-state index is -3.87. The van der Waals surface area contributed by atoms with Crippen LogP contribution in [0.3, 0.4) is 0 Å². The zero-order valence-corrected chi connectivity index (χ0v) is 19.2. The number of sulfonamides is 1. The smallest absolute Gasteiger partial charge is 0.270 e. The van der Waals surface area contributed by atoms with E-state index in [0.29, 0.717) is 18.5 Å². The first kappa shape index (κ1) is 22.3. The zero-order valence-electron chi connectivity index (χ0n) is 17.6. The van der Waals surface area contributed by atoms with Gasteiger partial charge in [0.1, 0.15) is 15.8 Å². The Balaban J connectivity index is 1.57. The maximum Gasteiger partial charge on any atom is 0.270 e. The van der Waals surface area contributed by atoms with E-state index in [1.807, 2.05) is 24.3 Å². The molecule has 32 heavy (non-hydrogen) atoms. The number of nitrogens with zero attached hydrogens (tertiary/aromatic N) is 4. The van der Waals surface area contributed by atoms with E-state index in [-0.39, 0.29) is 23.0 Å². The molecule has 0 radical (unpaired) electrons. The van der Waals surface area contributed by atoms with Crippen molar-refractivity contribution in [1.29, 1.82) is 0 Å². The maximum absolute atomic E-state index is 13.3. The van der Waals surface area contributed by atoms with Crippen LogP contribution in [0.5, 0.6) is 5.75 Å². The van der Waals surface area contributed by atoms with E-state index >= 15 is 0 Å². The highest BCUT2D eigenvalue weighted by atomic mass is 32.2. The third-order valence-corrected chi connectivity index (χ3v) is 8.65. The normalized spacial score (nSPS) is 17.2. The van der Waals surface area contributed by atoms with Gasteiger partial charge >= 0.3 is 0 Å². The van der Waals surface area contributed by atoms with Gasteiger partial charge in [0.25, 0.3) is 5.69 Å². The molecule has 168 valence electrons. The predicted octanol–water partition coefficient (Wildman–Crippen LogP) is 4.00. The van der Waals surface area contributed by atoms with Crippen LogP contribution in [0.25, 0.3) is 10.6 Å². The number of aryl methyl sites for hydroxylation is 1. The summed E-state index contributed by atoms with van der Waals surface area (Å²) in [5, 5.41) is 21.3. The lowest BCUT2D eigenvalue weighted by molar-refractivity contribution is -0.385. The molecule has 0 amide bonds. The molecule has 0 spiro atoms. The fourth-order valence-corrected chi connectivity index (χ4v) is 6.47. The van der Waals surface area contributed by atoms with Crippen LogP contribution in [-0.4, -0.2) is 48.0 Å². The number of piperidine rings is 1. The second-order valence-corrected chi connectivity index (χ2v) is 10.5. The van der Waals surface area contributed by atoms with E-state index in [2.05, 4.69) is 10.2 Å². The van der Waals surface area contributed by atoms with Crippen molar-refractivity contribution in [3.8, 4) is 16.3 Å². The highest BCUT2D eigenvalue weighted by Gasteiger charge is 2.34. The van der Waals surface area contributed by atoms with E-state index in [1.54, 1.807) is 14.0 Å². The third kappa shape index (κ3) is 4.36. The molecule has 1 unspecified atom stereocenters. The number of nitro benzene ring substituents is 1. The van der Waals surface area contributed by atoms with Gasteiger partial charge in [-0.25, -0.2) is 8.42 Å². The van der Waals surface area contributed by atoms with Crippen molar-refractivity contribution >= 4 is 27.0 Å². The summed E-state index contributed by atoms with van der Waals surface area (Å²) in [6.07, 6.45) is 1.48. The van der Waals surface area contributed by atoms with Crippen LogP contribution in [-0.2, 0) is 10.0 Å². The van der Waals surface area contributed by atoms with Crippen LogP contribution in [0.4, 0.5) is 5.69 Å². The lowest BCUT2D eigenvalue weighted by Crippen LogP contribution is -2.39. The first-order valence-corrected chi connectivity index (χ1v) is 12.3. The lowest BCUT2D eigenvalue weighted by atomic mass is 10.0. The van der Waals surface area contributed by atoms with Crippen molar-refractivity contribution in [3.05, 3.63) is 63.1 Å². The van der Waals surface area contributed by atoms with Crippen LogP contribution in [0.15, 0.2) is 47.4 Å². The van der Waals surface area contributed by atoms with Crippen LogP contribution >= 0.6 is 11.3 Å². The number of hydrogen-bond acceptors (Lipinski definition) is 8. The fraction of sp³-hybridized carbons (Fsp3) is 0.333. The van der Waals surface area contributed by atoms with Gasteiger partial charge < -0.3 is 4.74 Å². The summed E-state index contributed by atoms with van der Waals surface area (Å²) < 4.78 is 33.2. The van der Waals surface area contributed by atoms with Crippen molar-refractivity contribution in [2.75, 3.05) is 20.2 Å². The SMILES string of the molecule is COc1ccc(-c2nnc(C3CCCN(S(=O)(=O)c4cc([N+](=O)[O-])ccc4C)C3)s2)cc1. The number of benzene rings is 2. The van der Waals surface area contributed by atoms with Gasteiger partial charge in [0, 0.05) is 36.7 Å². The highest BCUT2D eigenvalue weighted by Crippen LogP contribution is 2.35. The molecule has 1 atom stereocenters. The molecule has 0 aliphatic carbocycles. The van der Waals surface area contributed by atoms with Crippen LogP contribution in [0, 0.1) is 17.0 Å². The van der Waals surface area contributed by atoms with Crippen molar-refractivity contribution < 1.29 is 18.1 Å². The van der Waals surface area contributed by atoms with Gasteiger partial charge in [-0.15, -0.1) is 10.2 Å². The zero-order chi connectivity index (χ0) is 22.9. The third-order valence-electron chi connectivity index (χ3n) is 5.51. The minimum Gasteiger partial charge on any atom is -0.497 e. The topological polar surface area (TPSA) is 116 Å². The van der Waals surface area contributed by atoms with Gasteiger partial charge in [0.2, 0.25) is 10.0 Å². The highest BCUT2D eigenvalue weighted by molar-refractivity contribution is 7.89. The first-order valence-electron chi connectivity index (χ1n) is 10.0. The van der Waals surface area contributed by atoms with E-state index in [4.69, 9.17) is 4.74 Å². The molecule has 1 saturated heterocycles. The molecule has 2 heterocycles. The monoisotopic (exact) mass is 474 g/mol. The van der Waals surface area contributed by atoms with Crippen molar-refractivity contribution in [2.24, 2.45) is 0 Å². The second kappa shape index (κ2) is 8.93. The molecule has 1 aliphatic rings. The molecule has 1 aromatic heterocycles. The molecule has 1 aliphatic heterocycles. The van der Waals surface area contributed by atoms with Crippen LogP contribution < -0.4 is 4.74 Å². The van der Waals surface area contributed by atoms with Gasteiger partial charge in [-0.2, -0.15) is 4.31 Å². The van der Waals surface area contributed by atoms with Crippen LogP contribution in [0.1, 0.15) is 29.3 Å². The summed E-state index contributed by atoms with van der Waals surface area (Å²) in [5.74, 6) is 0.671. The fourth-order valence-electron chi connectivity index (χ4n) is 3.73. The van der Waals surface area contributed by atoms with Crippen molar-refractivity contribution in [2.45, 2.75) is 30.6 Å². The number of non-ortho nitro benzene ring substituents is 1. The van der Waals surface area contributed by atoms with Gasteiger partial charge in [-0.3, -0.25) is 10.1 Å². The molecule has 3 aromatic rings. The van der Waals surface area contributed by atoms with Crippen molar-refractivity contribution in [1.82, 2.24) is 14.5 Å². The lowest BCUT2D eigenvalue weighted by Gasteiger charge is -2.31. The number of methoxy groups -OCH3 is 1. The van der Waals surface area contributed by atoms with E-state index in [0.717, 1.165) is 33.8 Å². The minimum absolute atomic E-state index is 0.0245. The van der Waals surface area contributed by atoms with Gasteiger partial charge in [-0.1, -0.05) is 17.4 Å². The molecule has 2 aromatic carbocycles. The van der Waals surface area contributed by atoms with E-state index in [1.165, 1.54) is 27.8 Å². The molecule has 0 N–H and O–H groups in total. The molecule has 4 rings (SSSR count). The van der Waals surface area contributed by atoms with E-state index < -0.39 is 14.9 Å². The summed E-state index contributed by atoms with van der Waals surface area (Å²) in [5.41, 5.74) is 1.16. The summed E-state index contributed by atoms with van der Waals surface area (Å²) in [6.45, 7) is 2.27. The number of nitro groups is 1. The molecule has 11 heteroatoms. The van der Waals surface area contributed by atoms with Crippen LogP contribution in [0.2, 0.25) is 0 Å². The Bertz CT molecular complexity index is 1240. The Morgan fingerprint density at radius 1 is 1.19 bits per heavy atom. The Labute approximate surface area is 189 Å². The molecular weight excluding hydrogens is 452 g/mol. The molecule has 1 fully saturated rings. The predicted molar refractivity (Wildman–Crippen MR) is 120 cm³/mol. The second-order valence-electron chi connectivity index (χ2n) is 7.58. The van der Waals surface area contributed by atoms with Crippen molar-refractivity contribution in [3.63, 3.8) is 0 Å². The Morgan fingerprint density at radius 3 is 2.62 bits per heavy atom. The summed E-state index contributed by atoms with van der Waals surface area (Å²) in [7, 11) is -2.26. The largest absolute Gasteiger partial charge is 0.497 e. The van der Waals surface area contributed by atoms with Gasteiger partial charge in [-0.05, 0) is 49.6 Å². The maximum atomic E-state index is 13.3. The average Bonchev–Trinajstić information content (AvgIpc) is 3.29. The average molecular weight is 475 g/mol. The number of aromatic nitrogens is 2. The molecule has 9 nitrogen and oxygen atoms in total. The quantitative estimate of drug-likeness (QED) is 0.392. The summed E-state index contributed by atoms with van der Waals surface area (Å²) in [4.78, 5) is 10.5. The first-order chi connectivity index (χ1) is 15.3. The molecular formula is C21H22N4O5S2. The number of rotatable bonds is 6. The Morgan fingerprint density at radius 2 is 1.94 bits per heavy atom. The molecule has 0 saturated carbocycles. The summed E-state index contributed by atoms with van der Waals surface area (Å²) in [6, 6.07) is 11.5. The number of hydrogen-bond donors (Lipinski definition) is 0. The van der Waals surface area contributed by atoms with Gasteiger partial charge in [0.05, 0.1) is 16.9 Å².